The number of carbonyl (C=O) groups is 2. The summed E-state index contributed by atoms with van der Waals surface area (Å²) in [5, 5.41) is 34.5. The molecule has 0 spiro atoms. The fraction of sp³-hybridized carbons (Fsp3) is 0.385. The Morgan fingerprint density at radius 3 is 2.29 bits per heavy atom. The van der Waals surface area contributed by atoms with E-state index in [9.17, 15) is 14.7 Å². The van der Waals surface area contributed by atoms with Gasteiger partial charge in [0.2, 0.25) is 0 Å². The van der Waals surface area contributed by atoms with Crippen molar-refractivity contribution in [2.75, 3.05) is 6.54 Å². The molecule has 0 saturated heterocycles. The van der Waals surface area contributed by atoms with Crippen LogP contribution in [0.5, 0.6) is 5.75 Å². The molecule has 1 aromatic carbocycles. The lowest BCUT2D eigenvalue weighted by Crippen LogP contribution is -2.30. The summed E-state index contributed by atoms with van der Waals surface area (Å²) in [7, 11) is 0. The summed E-state index contributed by atoms with van der Waals surface area (Å²) < 4.78 is 0. The number of aliphatic hydroxyl groups excluding tert-OH is 1. The van der Waals surface area contributed by atoms with E-state index in [1.807, 2.05) is 0 Å². The molecule has 0 fully saturated rings. The van der Waals surface area contributed by atoms with Gasteiger partial charge in [0.15, 0.2) is 0 Å². The number of carboxylic acids is 2. The summed E-state index contributed by atoms with van der Waals surface area (Å²) in [6.45, 7) is 0.170. The summed E-state index contributed by atoms with van der Waals surface area (Å²) >= 11 is 0. The predicted octanol–water partition coefficient (Wildman–Crippen LogP) is -0.353. The number of aliphatic carboxylic acids is 2. The smallest absolute Gasteiger partial charge is 0.320 e. The maximum absolute atomic E-state index is 9.99. The second-order valence-corrected chi connectivity index (χ2v) is 4.22. The van der Waals surface area contributed by atoms with Crippen molar-refractivity contribution < 1.29 is 30.0 Å². The molecular weight excluding hydrogens is 280 g/mol. The molecule has 0 aliphatic heterocycles. The van der Waals surface area contributed by atoms with Crippen LogP contribution < -0.4 is 11.5 Å². The number of phenols is 1. The van der Waals surface area contributed by atoms with Gasteiger partial charge in [0, 0.05) is 13.0 Å². The van der Waals surface area contributed by atoms with Crippen molar-refractivity contribution in [3.8, 4) is 5.75 Å². The Morgan fingerprint density at radius 1 is 1.24 bits per heavy atom. The van der Waals surface area contributed by atoms with Crippen LogP contribution in [-0.4, -0.2) is 45.0 Å². The van der Waals surface area contributed by atoms with E-state index in [4.69, 9.17) is 26.8 Å². The maximum atomic E-state index is 9.99. The van der Waals surface area contributed by atoms with E-state index in [-0.39, 0.29) is 25.1 Å². The summed E-state index contributed by atoms with van der Waals surface area (Å²) in [6, 6.07) is 5.38. The number of aliphatic hydroxyl groups is 1. The zero-order chi connectivity index (χ0) is 16.4. The van der Waals surface area contributed by atoms with Crippen molar-refractivity contribution in [2.24, 2.45) is 11.5 Å². The Hall–Kier alpha value is -2.16. The van der Waals surface area contributed by atoms with Crippen LogP contribution in [0.1, 0.15) is 24.5 Å². The van der Waals surface area contributed by atoms with Gasteiger partial charge in [-0.05, 0) is 24.1 Å². The van der Waals surface area contributed by atoms with Gasteiger partial charge in [-0.15, -0.1) is 0 Å². The molecule has 2 atom stereocenters. The number of rotatable bonds is 6. The minimum Gasteiger partial charge on any atom is -0.508 e. The zero-order valence-corrected chi connectivity index (χ0v) is 11.3. The van der Waals surface area contributed by atoms with Crippen molar-refractivity contribution in [3.63, 3.8) is 0 Å². The normalized spacial score (nSPS) is 12.7. The third-order valence-corrected chi connectivity index (χ3v) is 2.46. The molecule has 0 bridgehead atoms. The highest BCUT2D eigenvalue weighted by atomic mass is 16.4. The standard InChI is InChI=1S/C8H11NO2.C5H9NO4/c9-5-8(11)6-2-1-3-7(10)4-6;6-3(5(9)10)1-2-4(7)8/h1-4,8,10-11H,5,9H2;3H,1-2,6H2,(H,7,8)(H,9,10). The van der Waals surface area contributed by atoms with Crippen molar-refractivity contribution in [1.82, 2.24) is 0 Å². The molecule has 0 aliphatic rings. The lowest BCUT2D eigenvalue weighted by Gasteiger charge is -2.06. The van der Waals surface area contributed by atoms with Gasteiger partial charge in [0.25, 0.3) is 0 Å². The quantitative estimate of drug-likeness (QED) is 0.414. The van der Waals surface area contributed by atoms with Crippen LogP contribution in [0.15, 0.2) is 24.3 Å². The molecule has 8 heteroatoms. The molecule has 8 nitrogen and oxygen atoms in total. The van der Waals surface area contributed by atoms with Gasteiger partial charge in [-0.2, -0.15) is 0 Å². The molecular formula is C13H20N2O6. The number of benzene rings is 1. The average molecular weight is 300 g/mol. The monoisotopic (exact) mass is 300 g/mol. The van der Waals surface area contributed by atoms with Crippen molar-refractivity contribution >= 4 is 11.9 Å². The number of nitrogens with two attached hydrogens (primary N) is 2. The summed E-state index contributed by atoms with van der Waals surface area (Å²) in [5.41, 5.74) is 10.9. The lowest BCUT2D eigenvalue weighted by molar-refractivity contribution is -0.139. The molecule has 0 saturated carbocycles. The fourth-order valence-corrected chi connectivity index (χ4v) is 1.27. The van der Waals surface area contributed by atoms with Crippen LogP contribution in [-0.2, 0) is 9.59 Å². The number of carboxylic acid groups (broad SMARTS) is 2. The van der Waals surface area contributed by atoms with E-state index < -0.39 is 24.1 Å². The average Bonchev–Trinajstić information content (AvgIpc) is 2.44. The van der Waals surface area contributed by atoms with E-state index in [0.717, 1.165) is 0 Å². The van der Waals surface area contributed by atoms with Gasteiger partial charge in [-0.1, -0.05) is 12.1 Å². The first-order valence-electron chi connectivity index (χ1n) is 6.15. The first-order chi connectivity index (χ1) is 9.77. The summed E-state index contributed by atoms with van der Waals surface area (Å²) in [6.07, 6.45) is -0.903. The highest BCUT2D eigenvalue weighted by Crippen LogP contribution is 2.16. The topological polar surface area (TPSA) is 167 Å². The van der Waals surface area contributed by atoms with Gasteiger partial charge in [0.05, 0.1) is 6.10 Å². The Bertz CT molecular complexity index is 466. The molecule has 8 N–H and O–H groups in total. The molecule has 2 unspecified atom stereocenters. The lowest BCUT2D eigenvalue weighted by atomic mass is 10.1. The molecule has 1 aromatic rings. The number of hydrogen-bond acceptors (Lipinski definition) is 6. The van der Waals surface area contributed by atoms with Crippen molar-refractivity contribution in [2.45, 2.75) is 25.0 Å². The van der Waals surface area contributed by atoms with Crippen LogP contribution in [0.2, 0.25) is 0 Å². The Labute approximate surface area is 121 Å². The van der Waals surface area contributed by atoms with Crippen molar-refractivity contribution in [1.29, 1.82) is 0 Å². The summed E-state index contributed by atoms with van der Waals surface area (Å²) in [4.78, 5) is 19.9. The molecule has 0 aliphatic carbocycles. The Balaban J connectivity index is 0.000000384. The molecule has 0 heterocycles. The second-order valence-electron chi connectivity index (χ2n) is 4.22. The Morgan fingerprint density at radius 2 is 1.86 bits per heavy atom. The highest BCUT2D eigenvalue weighted by Gasteiger charge is 2.12. The Kier molecular flexibility index (Phi) is 8.70. The molecule has 1 rings (SSSR count). The number of phenolic OH excluding ortho intramolecular Hbond substituents is 1. The molecule has 0 amide bonds. The van der Waals surface area contributed by atoms with Crippen LogP contribution in [0, 0.1) is 0 Å². The highest BCUT2D eigenvalue weighted by molar-refractivity contribution is 5.74. The van der Waals surface area contributed by atoms with Gasteiger partial charge in [-0.3, -0.25) is 9.59 Å². The third-order valence-electron chi connectivity index (χ3n) is 2.46. The molecule has 0 aromatic heterocycles. The largest absolute Gasteiger partial charge is 0.508 e. The zero-order valence-electron chi connectivity index (χ0n) is 11.3. The third kappa shape index (κ3) is 8.58. The SMILES string of the molecule is NC(CCC(=O)O)C(=O)O.NCC(O)c1cccc(O)c1. The van der Waals surface area contributed by atoms with Crippen LogP contribution >= 0.6 is 0 Å². The van der Waals surface area contributed by atoms with Gasteiger partial charge in [0.1, 0.15) is 11.8 Å². The van der Waals surface area contributed by atoms with Crippen molar-refractivity contribution in [3.05, 3.63) is 29.8 Å². The van der Waals surface area contributed by atoms with E-state index >= 15 is 0 Å². The summed E-state index contributed by atoms with van der Waals surface area (Å²) in [5.74, 6) is -2.05. The van der Waals surface area contributed by atoms with E-state index in [1.165, 1.54) is 6.07 Å². The van der Waals surface area contributed by atoms with Gasteiger partial charge >= 0.3 is 11.9 Å². The van der Waals surface area contributed by atoms with Crippen LogP contribution in [0.4, 0.5) is 0 Å². The van der Waals surface area contributed by atoms with Crippen LogP contribution in [0.3, 0.4) is 0 Å². The van der Waals surface area contributed by atoms with E-state index in [2.05, 4.69) is 0 Å². The molecule has 21 heavy (non-hydrogen) atoms. The first-order valence-corrected chi connectivity index (χ1v) is 6.15. The number of aromatic hydroxyl groups is 1. The number of hydrogen-bond donors (Lipinski definition) is 6. The van der Waals surface area contributed by atoms with E-state index in [1.54, 1.807) is 18.2 Å². The maximum Gasteiger partial charge on any atom is 0.320 e. The second kappa shape index (κ2) is 9.70. The fourth-order valence-electron chi connectivity index (χ4n) is 1.27. The van der Waals surface area contributed by atoms with E-state index in [0.29, 0.717) is 5.56 Å². The van der Waals surface area contributed by atoms with Gasteiger partial charge < -0.3 is 31.9 Å². The molecule has 0 radical (unpaired) electrons. The van der Waals surface area contributed by atoms with Crippen LogP contribution in [0.25, 0.3) is 0 Å². The first kappa shape index (κ1) is 18.8. The predicted molar refractivity (Wildman–Crippen MR) is 74.6 cm³/mol. The minimum atomic E-state index is -1.17. The van der Waals surface area contributed by atoms with Gasteiger partial charge in [-0.25, -0.2) is 0 Å². The minimum absolute atomic E-state index is 0.0231. The molecule has 118 valence electrons.